The number of thiocarbonyl (C=S) groups is 1. The Balaban J connectivity index is 2.44. The van der Waals surface area contributed by atoms with Gasteiger partial charge < -0.3 is 10.6 Å². The first kappa shape index (κ1) is 16.2. The molecule has 0 bridgehead atoms. The van der Waals surface area contributed by atoms with Crippen molar-refractivity contribution in [3.63, 3.8) is 0 Å². The molecule has 0 aromatic heterocycles. The van der Waals surface area contributed by atoms with E-state index in [-0.39, 0.29) is 5.02 Å². The topological polar surface area (TPSA) is 24.1 Å². The first-order valence-electron chi connectivity index (χ1n) is 6.41. The highest BCUT2D eigenvalue weighted by atomic mass is 35.5. The van der Waals surface area contributed by atoms with Gasteiger partial charge in [-0.15, -0.1) is 0 Å². The summed E-state index contributed by atoms with van der Waals surface area (Å²) in [6.45, 7) is 6.49. The Morgan fingerprint density at radius 3 is 2.58 bits per heavy atom. The Labute approximate surface area is 124 Å². The van der Waals surface area contributed by atoms with Crippen LogP contribution >= 0.6 is 23.8 Å². The molecule has 0 aliphatic heterocycles. The van der Waals surface area contributed by atoms with Crippen LogP contribution in [0.2, 0.25) is 5.02 Å². The lowest BCUT2D eigenvalue weighted by Gasteiger charge is -2.18. The quantitative estimate of drug-likeness (QED) is 0.778. The van der Waals surface area contributed by atoms with Gasteiger partial charge in [-0.05, 0) is 56.1 Å². The summed E-state index contributed by atoms with van der Waals surface area (Å²) < 4.78 is 13.0. The molecule has 0 amide bonds. The van der Waals surface area contributed by atoms with Crippen LogP contribution < -0.4 is 10.6 Å². The zero-order valence-electron chi connectivity index (χ0n) is 11.5. The molecule has 0 saturated carbocycles. The van der Waals surface area contributed by atoms with Gasteiger partial charge in [-0.25, -0.2) is 4.39 Å². The number of hydrogen-bond acceptors (Lipinski definition) is 1. The van der Waals surface area contributed by atoms with Crippen LogP contribution in [-0.2, 0) is 0 Å². The maximum Gasteiger partial charge on any atom is 0.170 e. The molecule has 106 valence electrons. The molecule has 0 saturated heterocycles. The first-order valence-corrected chi connectivity index (χ1v) is 7.19. The number of hydrogen-bond donors (Lipinski definition) is 2. The molecular formula is C14H20ClFN2S. The molecular weight excluding hydrogens is 283 g/mol. The Hall–Kier alpha value is -0.870. The molecule has 1 aromatic rings. The van der Waals surface area contributed by atoms with Gasteiger partial charge in [0.05, 0.1) is 5.02 Å². The Bertz CT molecular complexity index is 437. The Morgan fingerprint density at radius 1 is 1.32 bits per heavy atom. The SMILES string of the molecule is CC(C)CC[C@@H](C)NC(=S)Nc1ccc(F)c(Cl)c1. The van der Waals surface area contributed by atoms with Gasteiger partial charge in [0, 0.05) is 11.7 Å². The molecule has 0 radical (unpaired) electrons. The number of benzene rings is 1. The van der Waals surface area contributed by atoms with Crippen LogP contribution in [0.15, 0.2) is 18.2 Å². The molecule has 5 heteroatoms. The van der Waals surface area contributed by atoms with Crippen LogP contribution in [0, 0.1) is 11.7 Å². The van der Waals surface area contributed by atoms with Gasteiger partial charge in [0.2, 0.25) is 0 Å². The molecule has 1 rings (SSSR count). The summed E-state index contributed by atoms with van der Waals surface area (Å²) in [5.74, 6) is 0.248. The number of rotatable bonds is 5. The normalized spacial score (nSPS) is 12.3. The van der Waals surface area contributed by atoms with Crippen molar-refractivity contribution < 1.29 is 4.39 Å². The van der Waals surface area contributed by atoms with Crippen molar-refractivity contribution in [3.8, 4) is 0 Å². The summed E-state index contributed by atoms with van der Waals surface area (Å²) in [4.78, 5) is 0. The van der Waals surface area contributed by atoms with Crippen LogP contribution in [0.1, 0.15) is 33.6 Å². The summed E-state index contributed by atoms with van der Waals surface area (Å²) in [6, 6.07) is 4.74. The minimum absolute atomic E-state index is 0.0839. The van der Waals surface area contributed by atoms with Crippen molar-refractivity contribution in [2.24, 2.45) is 5.92 Å². The lowest BCUT2D eigenvalue weighted by molar-refractivity contribution is 0.494. The second-order valence-electron chi connectivity index (χ2n) is 5.10. The van der Waals surface area contributed by atoms with E-state index in [0.717, 1.165) is 12.8 Å². The summed E-state index contributed by atoms with van der Waals surface area (Å²) >= 11 is 10.9. The lowest BCUT2D eigenvalue weighted by Crippen LogP contribution is -2.36. The van der Waals surface area contributed by atoms with Crippen molar-refractivity contribution in [1.29, 1.82) is 0 Å². The van der Waals surface area contributed by atoms with E-state index >= 15 is 0 Å². The molecule has 0 spiro atoms. The third-order valence-electron chi connectivity index (χ3n) is 2.73. The highest BCUT2D eigenvalue weighted by molar-refractivity contribution is 7.80. The average molecular weight is 303 g/mol. The first-order chi connectivity index (χ1) is 8.88. The van der Waals surface area contributed by atoms with Gasteiger partial charge in [-0.2, -0.15) is 0 Å². The minimum atomic E-state index is -0.434. The fraction of sp³-hybridized carbons (Fsp3) is 0.500. The van der Waals surface area contributed by atoms with Crippen molar-refractivity contribution in [2.75, 3.05) is 5.32 Å². The Morgan fingerprint density at radius 2 is 2.00 bits per heavy atom. The van der Waals surface area contributed by atoms with E-state index in [0.29, 0.717) is 22.8 Å². The van der Waals surface area contributed by atoms with Gasteiger partial charge in [0.15, 0.2) is 5.11 Å². The maximum atomic E-state index is 13.0. The fourth-order valence-electron chi connectivity index (χ4n) is 1.62. The third kappa shape index (κ3) is 6.21. The largest absolute Gasteiger partial charge is 0.360 e. The molecule has 2 N–H and O–H groups in total. The molecule has 0 fully saturated rings. The van der Waals surface area contributed by atoms with Crippen LogP contribution in [0.5, 0.6) is 0 Å². The van der Waals surface area contributed by atoms with Gasteiger partial charge in [0.1, 0.15) is 5.82 Å². The predicted molar refractivity (Wildman–Crippen MR) is 84.3 cm³/mol. The van der Waals surface area contributed by atoms with E-state index in [4.69, 9.17) is 23.8 Å². The lowest BCUT2D eigenvalue weighted by atomic mass is 10.0. The summed E-state index contributed by atoms with van der Waals surface area (Å²) in [6.07, 6.45) is 2.21. The summed E-state index contributed by atoms with van der Waals surface area (Å²) in [5, 5.41) is 6.81. The van der Waals surface area contributed by atoms with E-state index < -0.39 is 5.82 Å². The number of nitrogens with one attached hydrogen (secondary N) is 2. The smallest absolute Gasteiger partial charge is 0.170 e. The van der Waals surface area contributed by atoms with E-state index in [9.17, 15) is 4.39 Å². The van der Waals surface area contributed by atoms with Crippen molar-refractivity contribution >= 4 is 34.6 Å². The maximum absolute atomic E-state index is 13.0. The molecule has 19 heavy (non-hydrogen) atoms. The molecule has 1 atom stereocenters. The third-order valence-corrected chi connectivity index (χ3v) is 3.24. The van der Waals surface area contributed by atoms with Crippen LogP contribution in [0.3, 0.4) is 0 Å². The minimum Gasteiger partial charge on any atom is -0.360 e. The van der Waals surface area contributed by atoms with Crippen LogP contribution in [-0.4, -0.2) is 11.2 Å². The van der Waals surface area contributed by atoms with Gasteiger partial charge in [-0.3, -0.25) is 0 Å². The van der Waals surface area contributed by atoms with Gasteiger partial charge in [-0.1, -0.05) is 25.4 Å². The van der Waals surface area contributed by atoms with E-state index in [2.05, 4.69) is 31.4 Å². The zero-order valence-corrected chi connectivity index (χ0v) is 13.0. The number of anilines is 1. The van der Waals surface area contributed by atoms with Crippen molar-refractivity contribution in [3.05, 3.63) is 29.0 Å². The van der Waals surface area contributed by atoms with Crippen LogP contribution in [0.4, 0.5) is 10.1 Å². The summed E-state index contributed by atoms with van der Waals surface area (Å²) in [7, 11) is 0. The highest BCUT2D eigenvalue weighted by Crippen LogP contribution is 2.19. The van der Waals surface area contributed by atoms with Gasteiger partial charge >= 0.3 is 0 Å². The second kappa shape index (κ2) is 7.65. The fourth-order valence-corrected chi connectivity index (χ4v) is 2.12. The van der Waals surface area contributed by atoms with E-state index in [1.165, 1.54) is 12.1 Å². The Kier molecular flexibility index (Phi) is 6.52. The molecule has 0 aliphatic rings. The molecule has 0 aliphatic carbocycles. The number of halogens is 2. The summed E-state index contributed by atoms with van der Waals surface area (Å²) in [5.41, 5.74) is 0.681. The van der Waals surface area contributed by atoms with E-state index in [1.54, 1.807) is 6.07 Å². The van der Waals surface area contributed by atoms with Crippen molar-refractivity contribution in [1.82, 2.24) is 5.32 Å². The van der Waals surface area contributed by atoms with Crippen molar-refractivity contribution in [2.45, 2.75) is 39.7 Å². The standard InChI is InChI=1S/C14H20ClFN2S/c1-9(2)4-5-10(3)17-14(19)18-11-6-7-13(16)12(15)8-11/h6-10H,4-5H2,1-3H3,(H2,17,18,19)/t10-/m1/s1. The monoisotopic (exact) mass is 302 g/mol. The molecule has 0 unspecified atom stereocenters. The van der Waals surface area contributed by atoms with Gasteiger partial charge in [0.25, 0.3) is 0 Å². The zero-order chi connectivity index (χ0) is 14.4. The molecule has 0 heterocycles. The van der Waals surface area contributed by atoms with E-state index in [1.807, 2.05) is 0 Å². The van der Waals surface area contributed by atoms with Crippen LogP contribution in [0.25, 0.3) is 0 Å². The predicted octanol–water partition coefficient (Wildman–Crippen LogP) is 4.59. The second-order valence-corrected chi connectivity index (χ2v) is 5.92. The average Bonchev–Trinajstić information content (AvgIpc) is 2.31. The molecule has 2 nitrogen and oxygen atoms in total. The highest BCUT2D eigenvalue weighted by Gasteiger charge is 2.07. The molecule has 1 aromatic carbocycles.